The van der Waals surface area contributed by atoms with Gasteiger partial charge in [0.2, 0.25) is 5.91 Å². The second kappa shape index (κ2) is 7.43. The number of amides is 1. The van der Waals surface area contributed by atoms with E-state index >= 15 is 0 Å². The lowest BCUT2D eigenvalue weighted by atomic mass is 10.1. The van der Waals surface area contributed by atoms with Crippen molar-refractivity contribution in [3.05, 3.63) is 29.8 Å². The lowest BCUT2D eigenvalue weighted by molar-refractivity contribution is -0.120. The Bertz CT molecular complexity index is 399. The maximum absolute atomic E-state index is 11.5. The van der Waals surface area contributed by atoms with E-state index in [0.717, 1.165) is 23.7 Å². The van der Waals surface area contributed by atoms with Gasteiger partial charge in [-0.3, -0.25) is 4.79 Å². The zero-order valence-corrected chi connectivity index (χ0v) is 12.3. The van der Waals surface area contributed by atoms with Crippen LogP contribution in [0.3, 0.4) is 0 Å². The van der Waals surface area contributed by atoms with E-state index in [-0.39, 0.29) is 5.91 Å². The van der Waals surface area contributed by atoms with E-state index in [4.69, 9.17) is 0 Å². The van der Waals surface area contributed by atoms with Crippen molar-refractivity contribution in [1.82, 2.24) is 5.32 Å². The molecule has 1 aliphatic heterocycles. The Hall–Kier alpha value is -1.16. The van der Waals surface area contributed by atoms with Gasteiger partial charge in [-0.15, -0.1) is 0 Å². The second-order valence-electron chi connectivity index (χ2n) is 4.94. The predicted octanol–water partition coefficient (Wildman–Crippen LogP) is 2.53. The van der Waals surface area contributed by atoms with Gasteiger partial charge in [0.15, 0.2) is 0 Å². The molecule has 1 aliphatic rings. The smallest absolute Gasteiger partial charge is 0.224 e. The molecule has 1 fully saturated rings. The van der Waals surface area contributed by atoms with Crippen LogP contribution in [0.1, 0.15) is 18.9 Å². The first-order valence-electron chi connectivity index (χ1n) is 6.95. The van der Waals surface area contributed by atoms with E-state index in [1.54, 1.807) is 0 Å². The van der Waals surface area contributed by atoms with Gasteiger partial charge in [0.05, 0.1) is 6.42 Å². The highest BCUT2D eigenvalue weighted by Crippen LogP contribution is 2.23. The molecular formula is C15H22N2OS. The van der Waals surface area contributed by atoms with Crippen molar-refractivity contribution in [1.29, 1.82) is 0 Å². The number of hydrogen-bond donors (Lipinski definition) is 2. The molecule has 2 rings (SSSR count). The summed E-state index contributed by atoms with van der Waals surface area (Å²) in [6, 6.07) is 8.19. The summed E-state index contributed by atoms with van der Waals surface area (Å²) < 4.78 is 0. The molecule has 1 unspecified atom stereocenters. The van der Waals surface area contributed by atoms with Crippen molar-refractivity contribution in [2.75, 3.05) is 29.9 Å². The van der Waals surface area contributed by atoms with Crippen molar-refractivity contribution in [2.45, 2.75) is 19.8 Å². The molecule has 0 radical (unpaired) electrons. The Morgan fingerprint density at radius 2 is 2.16 bits per heavy atom. The highest BCUT2D eigenvalue weighted by Gasteiger charge is 2.14. The topological polar surface area (TPSA) is 41.1 Å². The summed E-state index contributed by atoms with van der Waals surface area (Å²) >= 11 is 2.05. The highest BCUT2D eigenvalue weighted by molar-refractivity contribution is 7.99. The zero-order chi connectivity index (χ0) is 13.5. The van der Waals surface area contributed by atoms with Gasteiger partial charge < -0.3 is 10.6 Å². The molecule has 0 saturated carbocycles. The number of nitrogens with one attached hydrogen (secondary N) is 2. The third kappa shape index (κ3) is 4.78. The number of rotatable bonds is 6. The normalized spacial score (nSPS) is 18.3. The van der Waals surface area contributed by atoms with Crippen LogP contribution in [0.25, 0.3) is 0 Å². The van der Waals surface area contributed by atoms with Crippen molar-refractivity contribution < 1.29 is 4.79 Å². The van der Waals surface area contributed by atoms with Crippen molar-refractivity contribution in [3.63, 3.8) is 0 Å². The van der Waals surface area contributed by atoms with Gasteiger partial charge in [-0.05, 0) is 48.5 Å². The Labute approximate surface area is 119 Å². The summed E-state index contributed by atoms with van der Waals surface area (Å²) in [6.45, 7) is 3.69. The molecule has 1 aromatic rings. The molecule has 1 amide bonds. The third-order valence-corrected chi connectivity index (χ3v) is 4.54. The maximum Gasteiger partial charge on any atom is 0.224 e. The molecule has 1 atom stereocenters. The van der Waals surface area contributed by atoms with Crippen LogP contribution in [-0.4, -0.2) is 30.5 Å². The Morgan fingerprint density at radius 3 is 2.79 bits per heavy atom. The summed E-state index contributed by atoms with van der Waals surface area (Å²) in [7, 11) is 0. The number of carbonyl (C=O) groups excluding carboxylic acids is 1. The van der Waals surface area contributed by atoms with Gasteiger partial charge in [-0.25, -0.2) is 0 Å². The maximum atomic E-state index is 11.5. The Morgan fingerprint density at radius 1 is 1.37 bits per heavy atom. The van der Waals surface area contributed by atoms with E-state index < -0.39 is 0 Å². The molecule has 2 N–H and O–H groups in total. The standard InChI is InChI=1S/C15H22N2OS/c1-2-16-15(18)9-12-3-5-14(6-4-12)17-10-13-7-8-19-11-13/h3-6,13,17H,2,7-11H2,1H3,(H,16,18). The molecule has 0 bridgehead atoms. The molecule has 4 heteroatoms. The van der Waals surface area contributed by atoms with Crippen LogP contribution in [-0.2, 0) is 11.2 Å². The average molecular weight is 278 g/mol. The third-order valence-electron chi connectivity index (χ3n) is 3.31. The van der Waals surface area contributed by atoms with E-state index in [9.17, 15) is 4.79 Å². The fourth-order valence-electron chi connectivity index (χ4n) is 2.19. The molecule has 0 spiro atoms. The van der Waals surface area contributed by atoms with E-state index in [1.807, 2.05) is 30.8 Å². The second-order valence-corrected chi connectivity index (χ2v) is 6.09. The first-order chi connectivity index (χ1) is 9.28. The Kier molecular flexibility index (Phi) is 5.58. The van der Waals surface area contributed by atoms with E-state index in [0.29, 0.717) is 13.0 Å². The number of benzene rings is 1. The number of anilines is 1. The van der Waals surface area contributed by atoms with Gasteiger partial charge in [-0.1, -0.05) is 12.1 Å². The summed E-state index contributed by atoms with van der Waals surface area (Å²) in [6.07, 6.45) is 1.79. The quantitative estimate of drug-likeness (QED) is 0.840. The van der Waals surface area contributed by atoms with E-state index in [2.05, 4.69) is 22.8 Å². The number of thioether (sulfide) groups is 1. The monoisotopic (exact) mass is 278 g/mol. The first-order valence-corrected chi connectivity index (χ1v) is 8.10. The molecule has 104 valence electrons. The summed E-state index contributed by atoms with van der Waals surface area (Å²) in [4.78, 5) is 11.5. The van der Waals surface area contributed by atoms with Crippen LogP contribution in [0, 0.1) is 5.92 Å². The Balaban J connectivity index is 1.78. The molecule has 0 aliphatic carbocycles. The predicted molar refractivity (Wildman–Crippen MR) is 82.8 cm³/mol. The van der Waals surface area contributed by atoms with Crippen LogP contribution in [0.5, 0.6) is 0 Å². The van der Waals surface area contributed by atoms with Gasteiger partial charge >= 0.3 is 0 Å². The molecular weight excluding hydrogens is 256 g/mol. The minimum absolute atomic E-state index is 0.0891. The minimum atomic E-state index is 0.0891. The fraction of sp³-hybridized carbons (Fsp3) is 0.533. The summed E-state index contributed by atoms with van der Waals surface area (Å²) in [5.74, 6) is 3.48. The number of likely N-dealkylation sites (N-methyl/N-ethyl adjacent to an activating group) is 1. The van der Waals surface area contributed by atoms with Crippen LogP contribution in [0.2, 0.25) is 0 Å². The van der Waals surface area contributed by atoms with Gasteiger partial charge in [0.1, 0.15) is 0 Å². The number of carbonyl (C=O) groups is 1. The average Bonchev–Trinajstić information content (AvgIpc) is 2.91. The number of hydrogen-bond acceptors (Lipinski definition) is 3. The lowest BCUT2D eigenvalue weighted by Crippen LogP contribution is -2.24. The summed E-state index contributed by atoms with van der Waals surface area (Å²) in [5.41, 5.74) is 2.21. The van der Waals surface area contributed by atoms with Crippen molar-refractivity contribution in [2.24, 2.45) is 5.92 Å². The summed E-state index contributed by atoms with van der Waals surface area (Å²) in [5, 5.41) is 6.29. The minimum Gasteiger partial charge on any atom is -0.385 e. The molecule has 1 heterocycles. The van der Waals surface area contributed by atoms with Crippen molar-refractivity contribution >= 4 is 23.4 Å². The van der Waals surface area contributed by atoms with Crippen LogP contribution >= 0.6 is 11.8 Å². The molecule has 19 heavy (non-hydrogen) atoms. The van der Waals surface area contributed by atoms with Crippen LogP contribution < -0.4 is 10.6 Å². The molecule has 3 nitrogen and oxygen atoms in total. The van der Waals surface area contributed by atoms with Gasteiger partial charge in [0.25, 0.3) is 0 Å². The first kappa shape index (κ1) is 14.3. The molecule has 0 aromatic heterocycles. The lowest BCUT2D eigenvalue weighted by Gasteiger charge is -2.11. The molecule has 1 saturated heterocycles. The van der Waals surface area contributed by atoms with Gasteiger partial charge in [0, 0.05) is 18.8 Å². The van der Waals surface area contributed by atoms with E-state index in [1.165, 1.54) is 17.9 Å². The molecule has 1 aromatic carbocycles. The van der Waals surface area contributed by atoms with Crippen LogP contribution in [0.4, 0.5) is 5.69 Å². The van der Waals surface area contributed by atoms with Crippen molar-refractivity contribution in [3.8, 4) is 0 Å². The fourth-order valence-corrected chi connectivity index (χ4v) is 3.48. The SMILES string of the molecule is CCNC(=O)Cc1ccc(NCC2CCSC2)cc1. The largest absolute Gasteiger partial charge is 0.385 e. The highest BCUT2D eigenvalue weighted by atomic mass is 32.2. The van der Waals surface area contributed by atoms with Crippen LogP contribution in [0.15, 0.2) is 24.3 Å². The zero-order valence-electron chi connectivity index (χ0n) is 11.4. The van der Waals surface area contributed by atoms with Gasteiger partial charge in [-0.2, -0.15) is 11.8 Å².